The summed E-state index contributed by atoms with van der Waals surface area (Å²) in [6.45, 7) is -0.0259. The minimum Gasteiger partial charge on any atom is -0.504 e. The smallest absolute Gasteiger partial charge is 0.256 e. The van der Waals surface area contributed by atoms with Gasteiger partial charge in [0.2, 0.25) is 5.91 Å². The van der Waals surface area contributed by atoms with Crippen LogP contribution in [0.25, 0.3) is 0 Å². The maximum atomic E-state index is 13.9. The van der Waals surface area contributed by atoms with Gasteiger partial charge in [-0.05, 0) is 30.3 Å². The van der Waals surface area contributed by atoms with E-state index in [1.807, 2.05) is 0 Å². The molecule has 3 aromatic rings. The van der Waals surface area contributed by atoms with Gasteiger partial charge in [0.1, 0.15) is 18.0 Å². The number of anilines is 1. The number of hydrogen-bond acceptors (Lipinski definition) is 5. The Morgan fingerprint density at radius 3 is 2.69 bits per heavy atom. The van der Waals surface area contributed by atoms with Gasteiger partial charge in [0, 0.05) is 41.0 Å². The second-order valence-corrected chi connectivity index (χ2v) is 8.51. The number of hydrogen-bond donors (Lipinski definition) is 2. The average Bonchev–Trinajstić information content (AvgIpc) is 2.93. The summed E-state index contributed by atoms with van der Waals surface area (Å²) in [7, 11) is 3.00. The van der Waals surface area contributed by atoms with Crippen molar-refractivity contribution in [3.05, 3.63) is 88.2 Å². The summed E-state index contributed by atoms with van der Waals surface area (Å²) in [4.78, 5) is 27.5. The molecule has 0 radical (unpaired) electrons. The molecule has 1 aliphatic heterocycles. The van der Waals surface area contributed by atoms with Crippen LogP contribution in [0.2, 0.25) is 5.02 Å². The second kappa shape index (κ2) is 10.3. The molecule has 0 bridgehead atoms. The van der Waals surface area contributed by atoms with Crippen LogP contribution >= 0.6 is 11.6 Å². The summed E-state index contributed by atoms with van der Waals surface area (Å²) >= 11 is 6.27. The maximum absolute atomic E-state index is 13.9. The average molecular weight is 499 g/mol. The highest BCUT2D eigenvalue weighted by molar-refractivity contribution is 6.30. The number of phenols is 1. The standard InChI is InChI=1S/C26H24ClFN2O5/c1-30-20-11-10-16(27)12-18(20)24(17-7-5-9-21(31)25(17)34-2)35-22(26(30)33)13-23(32)29-14-15-6-3-4-8-19(15)28/h3-12,22,24,31H,13-14H2,1-2H3,(H,29,32). The maximum Gasteiger partial charge on any atom is 0.256 e. The zero-order valence-corrected chi connectivity index (χ0v) is 19.9. The summed E-state index contributed by atoms with van der Waals surface area (Å²) in [5, 5.41) is 13.4. The molecule has 0 fully saturated rings. The molecule has 2 atom stereocenters. The summed E-state index contributed by atoms with van der Waals surface area (Å²) in [5.74, 6) is -1.26. The quantitative estimate of drug-likeness (QED) is 0.527. The number of fused-ring (bicyclic) bond motifs is 1. The first kappa shape index (κ1) is 24.5. The van der Waals surface area contributed by atoms with Gasteiger partial charge in [-0.2, -0.15) is 0 Å². The highest BCUT2D eigenvalue weighted by Crippen LogP contribution is 2.44. The van der Waals surface area contributed by atoms with E-state index in [9.17, 15) is 19.1 Å². The van der Waals surface area contributed by atoms with Crippen molar-refractivity contribution in [2.24, 2.45) is 0 Å². The van der Waals surface area contributed by atoms with Gasteiger partial charge in [0.25, 0.3) is 5.91 Å². The van der Waals surface area contributed by atoms with Crippen LogP contribution in [-0.2, 0) is 20.9 Å². The highest BCUT2D eigenvalue weighted by Gasteiger charge is 2.37. The zero-order valence-electron chi connectivity index (χ0n) is 19.1. The first-order valence-corrected chi connectivity index (χ1v) is 11.3. The van der Waals surface area contributed by atoms with Gasteiger partial charge < -0.3 is 24.8 Å². The van der Waals surface area contributed by atoms with Crippen LogP contribution in [0.5, 0.6) is 11.5 Å². The molecule has 2 N–H and O–H groups in total. The van der Waals surface area contributed by atoms with Crippen molar-refractivity contribution in [2.75, 3.05) is 19.1 Å². The van der Waals surface area contributed by atoms with Crippen LogP contribution in [-0.4, -0.2) is 37.2 Å². The molecule has 35 heavy (non-hydrogen) atoms. The van der Waals surface area contributed by atoms with E-state index < -0.39 is 29.8 Å². The first-order valence-electron chi connectivity index (χ1n) is 10.9. The van der Waals surface area contributed by atoms with Crippen molar-refractivity contribution >= 4 is 29.1 Å². The number of carbonyl (C=O) groups is 2. The van der Waals surface area contributed by atoms with E-state index in [0.717, 1.165) is 0 Å². The predicted molar refractivity (Wildman–Crippen MR) is 129 cm³/mol. The lowest BCUT2D eigenvalue weighted by Gasteiger charge is -2.23. The molecule has 0 aliphatic carbocycles. The normalized spacial score (nSPS) is 17.5. The monoisotopic (exact) mass is 498 g/mol. The van der Waals surface area contributed by atoms with Gasteiger partial charge in [0.15, 0.2) is 11.5 Å². The van der Waals surface area contributed by atoms with Crippen LogP contribution in [0.4, 0.5) is 10.1 Å². The molecule has 7 nitrogen and oxygen atoms in total. The van der Waals surface area contributed by atoms with E-state index in [1.165, 1.54) is 24.1 Å². The summed E-state index contributed by atoms with van der Waals surface area (Å²) < 4.78 is 25.6. The molecule has 0 saturated heterocycles. The van der Waals surface area contributed by atoms with E-state index in [4.69, 9.17) is 21.1 Å². The van der Waals surface area contributed by atoms with E-state index in [2.05, 4.69) is 5.32 Å². The summed E-state index contributed by atoms with van der Waals surface area (Å²) in [5.41, 5.74) is 1.92. The number of nitrogens with zero attached hydrogens (tertiary/aromatic N) is 1. The molecular formula is C26H24ClFN2O5. The van der Waals surface area contributed by atoms with Gasteiger partial charge in [-0.25, -0.2) is 4.39 Å². The molecule has 4 rings (SSSR count). The minimum absolute atomic E-state index is 0.0259. The molecule has 1 heterocycles. The molecule has 0 spiro atoms. The van der Waals surface area contributed by atoms with Crippen molar-refractivity contribution < 1.29 is 28.6 Å². The molecule has 2 unspecified atom stereocenters. The highest BCUT2D eigenvalue weighted by atomic mass is 35.5. The number of ether oxygens (including phenoxy) is 2. The third-order valence-electron chi connectivity index (χ3n) is 5.86. The number of benzene rings is 3. The number of aromatic hydroxyl groups is 1. The van der Waals surface area contributed by atoms with Gasteiger partial charge in [-0.3, -0.25) is 9.59 Å². The van der Waals surface area contributed by atoms with Crippen LogP contribution in [0, 0.1) is 5.82 Å². The van der Waals surface area contributed by atoms with E-state index in [0.29, 0.717) is 27.4 Å². The van der Waals surface area contributed by atoms with Crippen molar-refractivity contribution in [1.29, 1.82) is 0 Å². The van der Waals surface area contributed by atoms with Crippen molar-refractivity contribution in [2.45, 2.75) is 25.2 Å². The molecular weight excluding hydrogens is 475 g/mol. The van der Waals surface area contributed by atoms with Crippen molar-refractivity contribution in [3.8, 4) is 11.5 Å². The molecule has 0 aromatic heterocycles. The molecule has 9 heteroatoms. The largest absolute Gasteiger partial charge is 0.504 e. The number of para-hydroxylation sites is 1. The molecule has 182 valence electrons. The van der Waals surface area contributed by atoms with Gasteiger partial charge in [-0.15, -0.1) is 0 Å². The van der Waals surface area contributed by atoms with Crippen LogP contribution < -0.4 is 15.0 Å². The van der Waals surface area contributed by atoms with E-state index in [-0.39, 0.29) is 24.5 Å². The Balaban J connectivity index is 1.66. The number of carbonyl (C=O) groups excluding carboxylic acids is 2. The zero-order chi connectivity index (χ0) is 25.1. The first-order chi connectivity index (χ1) is 16.8. The van der Waals surface area contributed by atoms with Crippen LogP contribution in [0.3, 0.4) is 0 Å². The number of phenolic OH excluding ortho intramolecular Hbond substituents is 1. The third kappa shape index (κ3) is 5.08. The van der Waals surface area contributed by atoms with E-state index >= 15 is 0 Å². The number of amides is 2. The number of likely N-dealkylation sites (N-methyl/N-ethyl adjacent to an activating group) is 1. The third-order valence-corrected chi connectivity index (χ3v) is 6.09. The molecule has 3 aromatic carbocycles. The number of nitrogens with one attached hydrogen (secondary N) is 1. The molecule has 2 amide bonds. The Morgan fingerprint density at radius 2 is 1.94 bits per heavy atom. The number of rotatable bonds is 6. The Morgan fingerprint density at radius 1 is 1.17 bits per heavy atom. The Kier molecular flexibility index (Phi) is 7.23. The van der Waals surface area contributed by atoms with Crippen LogP contribution in [0.15, 0.2) is 60.7 Å². The van der Waals surface area contributed by atoms with Gasteiger partial charge in [0.05, 0.1) is 13.5 Å². The fourth-order valence-corrected chi connectivity index (χ4v) is 4.28. The topological polar surface area (TPSA) is 88.1 Å². The fraction of sp³-hybridized carbons (Fsp3) is 0.231. The lowest BCUT2D eigenvalue weighted by molar-refractivity contribution is -0.137. The Labute approximate surface area is 207 Å². The Bertz CT molecular complexity index is 1270. The molecule has 1 aliphatic rings. The van der Waals surface area contributed by atoms with Crippen molar-refractivity contribution in [3.63, 3.8) is 0 Å². The van der Waals surface area contributed by atoms with Crippen LogP contribution in [0.1, 0.15) is 29.2 Å². The summed E-state index contributed by atoms with van der Waals surface area (Å²) in [6, 6.07) is 16.0. The number of halogens is 2. The fourth-order valence-electron chi connectivity index (χ4n) is 4.09. The summed E-state index contributed by atoms with van der Waals surface area (Å²) in [6.07, 6.45) is -2.33. The second-order valence-electron chi connectivity index (χ2n) is 8.08. The lowest BCUT2D eigenvalue weighted by Crippen LogP contribution is -2.40. The van der Waals surface area contributed by atoms with Gasteiger partial charge in [-0.1, -0.05) is 41.9 Å². The predicted octanol–water partition coefficient (Wildman–Crippen LogP) is 4.35. The minimum atomic E-state index is -1.16. The van der Waals surface area contributed by atoms with Gasteiger partial charge >= 0.3 is 0 Å². The lowest BCUT2D eigenvalue weighted by atomic mass is 9.98. The van der Waals surface area contributed by atoms with Crippen molar-refractivity contribution in [1.82, 2.24) is 5.32 Å². The number of methoxy groups -OCH3 is 1. The molecule has 0 saturated carbocycles. The SMILES string of the molecule is COc1c(O)cccc1C1OC(CC(=O)NCc2ccccc2F)C(=O)N(C)c2ccc(Cl)cc21. The Hall–Kier alpha value is -3.62. The van der Waals surface area contributed by atoms with E-state index in [1.54, 1.807) is 55.6 Å².